The highest BCUT2D eigenvalue weighted by atomic mass is 127. The van der Waals surface area contributed by atoms with E-state index in [4.69, 9.17) is 5.73 Å². The van der Waals surface area contributed by atoms with Gasteiger partial charge in [0.1, 0.15) is 0 Å². The van der Waals surface area contributed by atoms with Gasteiger partial charge in [0.05, 0.1) is 5.56 Å². The van der Waals surface area contributed by atoms with Crippen molar-refractivity contribution in [2.24, 2.45) is 10.7 Å². The molecule has 0 saturated heterocycles. The lowest BCUT2D eigenvalue weighted by atomic mass is 10.3. The van der Waals surface area contributed by atoms with Gasteiger partial charge in [-0.1, -0.05) is 6.07 Å². The monoisotopic (exact) mass is 440 g/mol. The van der Waals surface area contributed by atoms with E-state index < -0.39 is 0 Å². The van der Waals surface area contributed by atoms with Crippen LogP contribution in [-0.2, 0) is 6.42 Å². The lowest BCUT2D eigenvalue weighted by Gasteiger charge is -2.07. The summed E-state index contributed by atoms with van der Waals surface area (Å²) in [6, 6.07) is 9.21. The van der Waals surface area contributed by atoms with Crippen LogP contribution in [0.2, 0.25) is 0 Å². The Morgan fingerprint density at radius 1 is 1.12 bits per heavy atom. The summed E-state index contributed by atoms with van der Waals surface area (Å²) in [7, 11) is 0. The quantitative estimate of drug-likeness (QED) is 0.258. The van der Waals surface area contributed by atoms with E-state index in [9.17, 15) is 4.79 Å². The van der Waals surface area contributed by atoms with Crippen LogP contribution in [0.25, 0.3) is 0 Å². The van der Waals surface area contributed by atoms with E-state index in [1.807, 2.05) is 18.2 Å². The maximum absolute atomic E-state index is 11.8. The highest BCUT2D eigenvalue weighted by molar-refractivity contribution is 14.0. The molecule has 0 aliphatic heterocycles. The summed E-state index contributed by atoms with van der Waals surface area (Å²) < 4.78 is 0. The fourth-order valence-corrected chi connectivity index (χ4v) is 1.86. The summed E-state index contributed by atoms with van der Waals surface area (Å²) in [6.45, 7) is 1.52. The maximum atomic E-state index is 11.8. The molecular formula is C16H21IN6O. The molecular weight excluding hydrogens is 419 g/mol. The molecule has 0 radical (unpaired) electrons. The van der Waals surface area contributed by atoms with Crippen molar-refractivity contribution in [3.05, 3.63) is 60.2 Å². The summed E-state index contributed by atoms with van der Waals surface area (Å²) >= 11 is 0. The average Bonchev–Trinajstić information content (AvgIpc) is 2.60. The molecule has 2 aromatic heterocycles. The van der Waals surface area contributed by atoms with Crippen molar-refractivity contribution in [1.29, 1.82) is 0 Å². The third-order valence-electron chi connectivity index (χ3n) is 3.02. The Balaban J connectivity index is 0.00000288. The first-order chi connectivity index (χ1) is 11.3. The average molecular weight is 440 g/mol. The molecule has 0 saturated carbocycles. The summed E-state index contributed by atoms with van der Waals surface area (Å²) in [4.78, 5) is 24.1. The van der Waals surface area contributed by atoms with E-state index in [2.05, 4.69) is 25.6 Å². The normalized spacial score (nSPS) is 10.6. The Hall–Kier alpha value is -2.23. The molecule has 2 aromatic rings. The van der Waals surface area contributed by atoms with Crippen molar-refractivity contribution in [3.8, 4) is 0 Å². The van der Waals surface area contributed by atoms with Crippen molar-refractivity contribution in [2.75, 3.05) is 19.6 Å². The number of pyridine rings is 2. The van der Waals surface area contributed by atoms with E-state index in [0.717, 1.165) is 12.1 Å². The van der Waals surface area contributed by atoms with Gasteiger partial charge in [-0.2, -0.15) is 0 Å². The highest BCUT2D eigenvalue weighted by Gasteiger charge is 2.03. The molecule has 0 aromatic carbocycles. The Morgan fingerprint density at radius 2 is 1.96 bits per heavy atom. The summed E-state index contributed by atoms with van der Waals surface area (Å²) in [5.41, 5.74) is 7.27. The summed E-state index contributed by atoms with van der Waals surface area (Å²) in [5.74, 6) is 0.196. The highest BCUT2D eigenvalue weighted by Crippen LogP contribution is 1.95. The Morgan fingerprint density at radius 3 is 2.67 bits per heavy atom. The molecule has 0 fully saturated rings. The second-order valence-electron chi connectivity index (χ2n) is 4.76. The third kappa shape index (κ3) is 7.36. The van der Waals surface area contributed by atoms with Crippen LogP contribution in [-0.4, -0.2) is 41.5 Å². The van der Waals surface area contributed by atoms with E-state index >= 15 is 0 Å². The van der Waals surface area contributed by atoms with Crippen molar-refractivity contribution in [1.82, 2.24) is 20.6 Å². The second-order valence-corrected chi connectivity index (χ2v) is 4.76. The molecule has 1 amide bonds. The van der Waals surface area contributed by atoms with Gasteiger partial charge in [-0.05, 0) is 24.3 Å². The van der Waals surface area contributed by atoms with Gasteiger partial charge < -0.3 is 16.4 Å². The van der Waals surface area contributed by atoms with Gasteiger partial charge in [0.2, 0.25) is 0 Å². The largest absolute Gasteiger partial charge is 0.370 e. The molecule has 8 heteroatoms. The number of nitrogens with one attached hydrogen (secondary N) is 2. The third-order valence-corrected chi connectivity index (χ3v) is 3.02. The van der Waals surface area contributed by atoms with Crippen molar-refractivity contribution >= 4 is 35.8 Å². The predicted octanol–water partition coefficient (Wildman–Crippen LogP) is 0.971. The van der Waals surface area contributed by atoms with Crippen LogP contribution in [0.15, 0.2) is 53.9 Å². The van der Waals surface area contributed by atoms with E-state index in [1.165, 1.54) is 6.20 Å². The minimum atomic E-state index is -0.162. The van der Waals surface area contributed by atoms with Crippen LogP contribution in [0.3, 0.4) is 0 Å². The number of hydrogen-bond acceptors (Lipinski definition) is 4. The SMILES string of the molecule is I.NC(=NCCc1ccccn1)NCCNC(=O)c1cccnc1. The number of aliphatic imine (C=N–C) groups is 1. The molecule has 24 heavy (non-hydrogen) atoms. The van der Waals surface area contributed by atoms with Gasteiger partial charge in [0.25, 0.3) is 5.91 Å². The first kappa shape index (κ1) is 19.8. The zero-order valence-electron chi connectivity index (χ0n) is 13.2. The molecule has 2 heterocycles. The van der Waals surface area contributed by atoms with Crippen LogP contribution < -0.4 is 16.4 Å². The molecule has 0 aliphatic carbocycles. The van der Waals surface area contributed by atoms with Crippen molar-refractivity contribution < 1.29 is 4.79 Å². The molecule has 0 atom stereocenters. The van der Waals surface area contributed by atoms with Crippen LogP contribution in [0.1, 0.15) is 16.1 Å². The first-order valence-electron chi connectivity index (χ1n) is 7.37. The zero-order valence-corrected chi connectivity index (χ0v) is 15.5. The fraction of sp³-hybridized carbons (Fsp3) is 0.250. The fourth-order valence-electron chi connectivity index (χ4n) is 1.86. The van der Waals surface area contributed by atoms with Gasteiger partial charge in [-0.15, -0.1) is 24.0 Å². The number of nitrogens with two attached hydrogens (primary N) is 1. The number of halogens is 1. The summed E-state index contributed by atoms with van der Waals surface area (Å²) in [5, 5.41) is 5.73. The van der Waals surface area contributed by atoms with Gasteiger partial charge in [-0.25, -0.2) is 0 Å². The Labute approximate surface area is 158 Å². The lowest BCUT2D eigenvalue weighted by Crippen LogP contribution is -2.38. The number of nitrogens with zero attached hydrogens (tertiary/aromatic N) is 3. The summed E-state index contributed by atoms with van der Waals surface area (Å²) in [6.07, 6.45) is 5.64. The van der Waals surface area contributed by atoms with Gasteiger partial charge in [0.15, 0.2) is 5.96 Å². The molecule has 4 N–H and O–H groups in total. The number of carbonyl (C=O) groups excluding carboxylic acids is 1. The number of aromatic nitrogens is 2. The van der Waals surface area contributed by atoms with Crippen molar-refractivity contribution in [3.63, 3.8) is 0 Å². The molecule has 0 spiro atoms. The predicted molar refractivity (Wildman–Crippen MR) is 104 cm³/mol. The lowest BCUT2D eigenvalue weighted by molar-refractivity contribution is 0.0954. The molecule has 128 valence electrons. The van der Waals surface area contributed by atoms with Crippen LogP contribution in [0.5, 0.6) is 0 Å². The smallest absolute Gasteiger partial charge is 0.252 e. The number of amides is 1. The van der Waals surface area contributed by atoms with Crippen LogP contribution in [0.4, 0.5) is 0 Å². The first-order valence-corrected chi connectivity index (χ1v) is 7.37. The van der Waals surface area contributed by atoms with Crippen molar-refractivity contribution in [2.45, 2.75) is 6.42 Å². The van der Waals surface area contributed by atoms with E-state index in [1.54, 1.807) is 24.5 Å². The number of hydrogen-bond donors (Lipinski definition) is 3. The molecule has 0 aliphatic rings. The van der Waals surface area contributed by atoms with Gasteiger partial charge in [-0.3, -0.25) is 19.8 Å². The van der Waals surface area contributed by atoms with Crippen LogP contribution >= 0.6 is 24.0 Å². The van der Waals surface area contributed by atoms with Gasteiger partial charge in [0, 0.05) is 50.3 Å². The second kappa shape index (κ2) is 11.3. The Kier molecular flexibility index (Phi) is 9.35. The Bertz CT molecular complexity index is 636. The number of carbonyl (C=O) groups is 1. The standard InChI is InChI=1S/C16H20N6O.HI/c17-16(21-9-6-14-5-1-2-8-19-14)22-11-10-20-15(23)13-4-3-7-18-12-13;/h1-5,7-8,12H,6,9-11H2,(H,20,23)(H3,17,21,22);1H. The molecule has 7 nitrogen and oxygen atoms in total. The number of rotatable bonds is 7. The minimum absolute atomic E-state index is 0. The maximum Gasteiger partial charge on any atom is 0.252 e. The molecule has 0 bridgehead atoms. The zero-order chi connectivity index (χ0) is 16.3. The minimum Gasteiger partial charge on any atom is -0.370 e. The molecule has 0 unspecified atom stereocenters. The topological polar surface area (TPSA) is 105 Å². The molecule has 2 rings (SSSR count). The number of guanidine groups is 1. The van der Waals surface area contributed by atoms with Gasteiger partial charge >= 0.3 is 0 Å². The van der Waals surface area contributed by atoms with E-state index in [-0.39, 0.29) is 29.9 Å². The van der Waals surface area contributed by atoms with Crippen LogP contribution in [0, 0.1) is 0 Å². The van der Waals surface area contributed by atoms with E-state index in [0.29, 0.717) is 31.2 Å².